The van der Waals surface area contributed by atoms with E-state index >= 15 is 0 Å². The third kappa shape index (κ3) is 1.67. The largest absolute Gasteiger partial charge is 0.477 e. The first-order chi connectivity index (χ1) is 8.43. The molecule has 1 aromatic rings. The minimum Gasteiger partial charge on any atom is -0.477 e. The molecule has 6 nitrogen and oxygen atoms in total. The number of carbonyl (C=O) groups is 3. The summed E-state index contributed by atoms with van der Waals surface area (Å²) in [6.07, 6.45) is 1.20. The molecule has 0 unspecified atom stereocenters. The normalized spacial score (nSPS) is 15.6. The molecule has 0 radical (unpaired) electrons. The molecule has 0 fully saturated rings. The van der Waals surface area contributed by atoms with Crippen molar-refractivity contribution in [1.29, 1.82) is 0 Å². The Balaban J connectivity index is 2.37. The Kier molecular flexibility index (Phi) is 2.70. The van der Waals surface area contributed by atoms with Crippen LogP contribution in [0.25, 0.3) is 0 Å². The van der Waals surface area contributed by atoms with Gasteiger partial charge in [0.15, 0.2) is 0 Å². The lowest BCUT2D eigenvalue weighted by Crippen LogP contribution is -2.31. The summed E-state index contributed by atoms with van der Waals surface area (Å²) in [7, 11) is 0. The highest BCUT2D eigenvalue weighted by Crippen LogP contribution is 2.25. The van der Waals surface area contributed by atoms with E-state index in [1.54, 1.807) is 13.8 Å². The molecule has 1 aliphatic rings. The van der Waals surface area contributed by atoms with Crippen LogP contribution < -0.4 is 4.90 Å². The number of carbonyl (C=O) groups excluding carboxylic acids is 2. The highest BCUT2D eigenvalue weighted by atomic mass is 16.4. The molecule has 2 heterocycles. The van der Waals surface area contributed by atoms with Gasteiger partial charge in [0.2, 0.25) is 0 Å². The number of aromatic carboxylic acids is 1. The molecule has 0 aromatic carbocycles. The molecule has 0 bridgehead atoms. The number of anilines is 1. The molecule has 18 heavy (non-hydrogen) atoms. The Morgan fingerprint density at radius 2 is 1.72 bits per heavy atom. The van der Waals surface area contributed by atoms with Crippen molar-refractivity contribution < 1.29 is 19.5 Å². The van der Waals surface area contributed by atoms with Crippen LogP contribution in [0.2, 0.25) is 0 Å². The van der Waals surface area contributed by atoms with Crippen molar-refractivity contribution >= 4 is 23.5 Å². The topological polar surface area (TPSA) is 87.6 Å². The molecule has 2 rings (SSSR count). The first kappa shape index (κ1) is 12.0. The van der Waals surface area contributed by atoms with Gasteiger partial charge in [0.25, 0.3) is 11.8 Å². The maximum atomic E-state index is 11.8. The quantitative estimate of drug-likeness (QED) is 0.786. The van der Waals surface area contributed by atoms with Gasteiger partial charge in [-0.15, -0.1) is 0 Å². The number of aromatic nitrogens is 1. The second kappa shape index (κ2) is 4.06. The third-order valence-electron chi connectivity index (χ3n) is 2.84. The highest BCUT2D eigenvalue weighted by Gasteiger charge is 2.34. The van der Waals surface area contributed by atoms with Gasteiger partial charge in [-0.1, -0.05) is 0 Å². The van der Waals surface area contributed by atoms with Crippen LogP contribution in [-0.4, -0.2) is 27.9 Å². The fourth-order valence-corrected chi connectivity index (χ4v) is 1.63. The van der Waals surface area contributed by atoms with Gasteiger partial charge in [0.1, 0.15) is 5.69 Å². The maximum Gasteiger partial charge on any atom is 0.354 e. The van der Waals surface area contributed by atoms with E-state index in [9.17, 15) is 14.4 Å². The fraction of sp³-hybridized carbons (Fsp3) is 0.167. The SMILES string of the molecule is CC1=C(C)C(=O)N(c2ccc(C(=O)O)nc2)C1=O. The number of nitrogens with zero attached hydrogens (tertiary/aromatic N) is 2. The summed E-state index contributed by atoms with van der Waals surface area (Å²) in [5.41, 5.74) is 0.912. The molecule has 0 saturated heterocycles. The summed E-state index contributed by atoms with van der Waals surface area (Å²) in [6.45, 7) is 3.16. The first-order valence-corrected chi connectivity index (χ1v) is 5.19. The lowest BCUT2D eigenvalue weighted by atomic mass is 10.2. The molecule has 1 aliphatic heterocycles. The lowest BCUT2D eigenvalue weighted by Gasteiger charge is -2.14. The van der Waals surface area contributed by atoms with Gasteiger partial charge in [0.05, 0.1) is 11.9 Å². The lowest BCUT2D eigenvalue weighted by molar-refractivity contribution is -0.120. The van der Waals surface area contributed by atoms with Crippen molar-refractivity contribution in [2.45, 2.75) is 13.8 Å². The smallest absolute Gasteiger partial charge is 0.354 e. The monoisotopic (exact) mass is 246 g/mol. The van der Waals surface area contributed by atoms with Crippen LogP contribution >= 0.6 is 0 Å². The molecule has 92 valence electrons. The molecule has 1 aromatic heterocycles. The Bertz CT molecular complexity index is 563. The number of amides is 2. The van der Waals surface area contributed by atoms with Crippen LogP contribution in [0.5, 0.6) is 0 Å². The molecule has 6 heteroatoms. The van der Waals surface area contributed by atoms with E-state index < -0.39 is 17.8 Å². The number of hydrogen-bond acceptors (Lipinski definition) is 4. The zero-order valence-electron chi connectivity index (χ0n) is 9.80. The second-order valence-electron chi connectivity index (χ2n) is 3.90. The summed E-state index contributed by atoms with van der Waals surface area (Å²) in [5.74, 6) is -1.96. The van der Waals surface area contributed by atoms with Crippen LogP contribution in [0.1, 0.15) is 24.3 Å². The predicted octanol–water partition coefficient (Wildman–Crippen LogP) is 0.989. The Hall–Kier alpha value is -2.50. The summed E-state index contributed by atoms with van der Waals surface area (Å²) in [6, 6.07) is 2.64. The summed E-state index contributed by atoms with van der Waals surface area (Å²) >= 11 is 0. The van der Waals surface area contributed by atoms with Crippen LogP contribution in [-0.2, 0) is 9.59 Å². The van der Waals surface area contributed by atoms with Crippen molar-refractivity contribution in [2.75, 3.05) is 4.90 Å². The minimum absolute atomic E-state index is 0.140. The highest BCUT2D eigenvalue weighted by molar-refractivity contribution is 6.32. The van der Waals surface area contributed by atoms with E-state index in [1.165, 1.54) is 18.3 Å². The maximum absolute atomic E-state index is 11.8. The first-order valence-electron chi connectivity index (χ1n) is 5.19. The number of pyridine rings is 1. The minimum atomic E-state index is -1.16. The number of carboxylic acid groups (broad SMARTS) is 1. The number of imide groups is 1. The van der Waals surface area contributed by atoms with E-state index in [2.05, 4.69) is 4.98 Å². The van der Waals surface area contributed by atoms with Gasteiger partial charge < -0.3 is 5.11 Å². The third-order valence-corrected chi connectivity index (χ3v) is 2.84. The van der Waals surface area contributed by atoms with Crippen molar-refractivity contribution in [2.24, 2.45) is 0 Å². The van der Waals surface area contributed by atoms with Crippen LogP contribution in [0.15, 0.2) is 29.5 Å². The summed E-state index contributed by atoms with van der Waals surface area (Å²) in [4.78, 5) is 39.0. The van der Waals surface area contributed by atoms with Gasteiger partial charge in [-0.05, 0) is 26.0 Å². The Morgan fingerprint density at radius 1 is 1.17 bits per heavy atom. The van der Waals surface area contributed by atoms with Gasteiger partial charge in [-0.25, -0.2) is 14.7 Å². The Morgan fingerprint density at radius 3 is 2.11 bits per heavy atom. The molecule has 0 atom stereocenters. The average molecular weight is 246 g/mol. The molecule has 0 spiro atoms. The molecular formula is C12H10N2O4. The van der Waals surface area contributed by atoms with Crippen LogP contribution in [0.4, 0.5) is 5.69 Å². The number of hydrogen-bond donors (Lipinski definition) is 1. The standard InChI is InChI=1S/C12H10N2O4/c1-6-7(2)11(16)14(10(6)15)8-3-4-9(12(17)18)13-5-8/h3-5H,1-2H3,(H,17,18). The van der Waals surface area contributed by atoms with E-state index in [1.807, 2.05) is 0 Å². The van der Waals surface area contributed by atoms with Crippen molar-refractivity contribution in [3.05, 3.63) is 35.2 Å². The van der Waals surface area contributed by atoms with E-state index in [0.29, 0.717) is 11.1 Å². The molecule has 0 saturated carbocycles. The number of carboxylic acids is 1. The molecule has 0 aliphatic carbocycles. The van der Waals surface area contributed by atoms with Gasteiger partial charge in [-0.3, -0.25) is 9.59 Å². The molecule has 2 amide bonds. The number of rotatable bonds is 2. The van der Waals surface area contributed by atoms with Crippen LogP contribution in [0, 0.1) is 0 Å². The summed E-state index contributed by atoms with van der Waals surface area (Å²) < 4.78 is 0. The van der Waals surface area contributed by atoms with Gasteiger partial charge in [-0.2, -0.15) is 0 Å². The van der Waals surface area contributed by atoms with E-state index in [4.69, 9.17) is 5.11 Å². The molecular weight excluding hydrogens is 236 g/mol. The van der Waals surface area contributed by atoms with E-state index in [0.717, 1.165) is 4.90 Å². The summed E-state index contributed by atoms with van der Waals surface area (Å²) in [5, 5.41) is 8.71. The average Bonchev–Trinajstić information content (AvgIpc) is 2.54. The van der Waals surface area contributed by atoms with E-state index in [-0.39, 0.29) is 11.4 Å². The van der Waals surface area contributed by atoms with Crippen molar-refractivity contribution in [1.82, 2.24) is 4.98 Å². The Labute approximate surface area is 103 Å². The predicted molar refractivity (Wildman–Crippen MR) is 62.1 cm³/mol. The zero-order chi connectivity index (χ0) is 13.4. The van der Waals surface area contributed by atoms with Gasteiger partial charge in [0, 0.05) is 11.1 Å². The van der Waals surface area contributed by atoms with Crippen LogP contribution in [0.3, 0.4) is 0 Å². The molecule has 1 N–H and O–H groups in total. The van der Waals surface area contributed by atoms with Crippen molar-refractivity contribution in [3.8, 4) is 0 Å². The second-order valence-corrected chi connectivity index (χ2v) is 3.90. The van der Waals surface area contributed by atoms with Crippen molar-refractivity contribution in [3.63, 3.8) is 0 Å². The zero-order valence-corrected chi connectivity index (χ0v) is 9.80. The fourth-order valence-electron chi connectivity index (χ4n) is 1.63. The van der Waals surface area contributed by atoms with Gasteiger partial charge >= 0.3 is 5.97 Å².